The fourth-order valence-corrected chi connectivity index (χ4v) is 3.39. The molecule has 2 fully saturated rings. The zero-order valence-corrected chi connectivity index (χ0v) is 11.5. The summed E-state index contributed by atoms with van der Waals surface area (Å²) >= 11 is 0. The van der Waals surface area contributed by atoms with Crippen molar-refractivity contribution in [1.82, 2.24) is 10.1 Å². The summed E-state index contributed by atoms with van der Waals surface area (Å²) in [5.74, 6) is 1.41. The third-order valence-electron chi connectivity index (χ3n) is 5.03. The van der Waals surface area contributed by atoms with Crippen LogP contribution in [0.2, 0.25) is 0 Å². The molecule has 0 saturated heterocycles. The molecule has 0 bridgehead atoms. The Morgan fingerprint density at radius 1 is 1.05 bits per heavy atom. The Hall–Kier alpha value is -0.940. The molecule has 2 aliphatic rings. The Morgan fingerprint density at radius 3 is 2.37 bits per heavy atom. The largest absolute Gasteiger partial charge is 0.339 e. The molecule has 0 aliphatic heterocycles. The van der Waals surface area contributed by atoms with E-state index in [1.54, 1.807) is 0 Å². The highest BCUT2D eigenvalue weighted by Crippen LogP contribution is 2.40. The van der Waals surface area contributed by atoms with E-state index in [1.165, 1.54) is 32.1 Å². The van der Waals surface area contributed by atoms with Gasteiger partial charge in [0.2, 0.25) is 5.89 Å². The normalized spacial score (nSPS) is 24.9. The number of aromatic nitrogens is 2. The van der Waals surface area contributed by atoms with E-state index in [4.69, 9.17) is 16.0 Å². The lowest BCUT2D eigenvalue weighted by molar-refractivity contribution is 0.177. The summed E-state index contributed by atoms with van der Waals surface area (Å²) in [6.45, 7) is 0.707. The minimum absolute atomic E-state index is 0.170. The fourth-order valence-electron chi connectivity index (χ4n) is 3.39. The first-order valence-corrected chi connectivity index (χ1v) is 7.48. The lowest BCUT2D eigenvalue weighted by Crippen LogP contribution is -2.44. The van der Waals surface area contributed by atoms with Crippen LogP contribution in [0.1, 0.15) is 63.1 Å². The predicted octanol–water partition coefficient (Wildman–Crippen LogP) is 1.86. The molecular formula is C14H24N4O. The second-order valence-electron chi connectivity index (χ2n) is 6.46. The molecule has 3 rings (SSSR count). The van der Waals surface area contributed by atoms with Gasteiger partial charge >= 0.3 is 0 Å². The quantitative estimate of drug-likeness (QED) is 0.866. The molecule has 0 atom stereocenters. The number of rotatable bonds is 4. The van der Waals surface area contributed by atoms with Gasteiger partial charge in [-0.25, -0.2) is 0 Å². The number of hydrogen-bond acceptors (Lipinski definition) is 5. The van der Waals surface area contributed by atoms with E-state index in [0.29, 0.717) is 12.4 Å². The van der Waals surface area contributed by atoms with Gasteiger partial charge in [0.05, 0.1) is 5.54 Å². The lowest BCUT2D eigenvalue weighted by Gasteiger charge is -2.35. The van der Waals surface area contributed by atoms with Crippen LogP contribution in [0.3, 0.4) is 0 Å². The van der Waals surface area contributed by atoms with E-state index in [0.717, 1.165) is 31.6 Å². The molecule has 106 valence electrons. The average Bonchev–Trinajstić information content (AvgIpc) is 2.86. The summed E-state index contributed by atoms with van der Waals surface area (Å²) in [6, 6.07) is 0. The van der Waals surface area contributed by atoms with Crippen LogP contribution in [-0.2, 0) is 12.0 Å². The summed E-state index contributed by atoms with van der Waals surface area (Å²) in [7, 11) is 0. The Kier molecular flexibility index (Phi) is 3.35. The van der Waals surface area contributed by atoms with Crippen LogP contribution in [-0.4, -0.2) is 16.7 Å². The molecule has 1 heterocycles. The van der Waals surface area contributed by atoms with E-state index in [1.807, 2.05) is 0 Å². The summed E-state index contributed by atoms with van der Waals surface area (Å²) in [6.07, 6.45) is 10.1. The predicted molar refractivity (Wildman–Crippen MR) is 72.3 cm³/mol. The minimum Gasteiger partial charge on any atom is -0.339 e. The average molecular weight is 264 g/mol. The maximum atomic E-state index is 6.23. The Morgan fingerprint density at radius 2 is 1.79 bits per heavy atom. The third kappa shape index (κ3) is 2.41. The smallest absolute Gasteiger partial charge is 0.227 e. The molecule has 0 amide bonds. The van der Waals surface area contributed by atoms with Gasteiger partial charge in [-0.1, -0.05) is 24.4 Å². The van der Waals surface area contributed by atoms with Crippen LogP contribution < -0.4 is 11.5 Å². The Bertz CT molecular complexity index is 432. The van der Waals surface area contributed by atoms with E-state index >= 15 is 0 Å². The van der Waals surface area contributed by atoms with Crippen LogP contribution in [0.15, 0.2) is 4.52 Å². The van der Waals surface area contributed by atoms with Crippen molar-refractivity contribution in [2.75, 3.05) is 6.54 Å². The van der Waals surface area contributed by atoms with Crippen molar-refractivity contribution in [3.63, 3.8) is 0 Å². The van der Waals surface area contributed by atoms with Crippen LogP contribution in [0.25, 0.3) is 0 Å². The zero-order valence-electron chi connectivity index (χ0n) is 11.5. The van der Waals surface area contributed by atoms with Crippen LogP contribution in [0.4, 0.5) is 0 Å². The minimum atomic E-state index is -0.329. The molecule has 0 radical (unpaired) electrons. The maximum absolute atomic E-state index is 6.23. The molecule has 2 aliphatic carbocycles. The molecule has 1 aromatic rings. The molecule has 0 unspecified atom stereocenters. The molecule has 5 nitrogen and oxygen atoms in total. The van der Waals surface area contributed by atoms with Crippen molar-refractivity contribution in [3.05, 3.63) is 11.7 Å². The van der Waals surface area contributed by atoms with Crippen molar-refractivity contribution >= 4 is 0 Å². The van der Waals surface area contributed by atoms with Crippen molar-refractivity contribution in [1.29, 1.82) is 0 Å². The number of nitrogens with zero attached hydrogens (tertiary/aromatic N) is 2. The Labute approximate surface area is 114 Å². The molecule has 5 heteroatoms. The summed E-state index contributed by atoms with van der Waals surface area (Å²) in [5, 5.41) is 4.09. The Balaban J connectivity index is 1.72. The number of hydrogen-bond donors (Lipinski definition) is 2. The summed E-state index contributed by atoms with van der Waals surface area (Å²) < 4.78 is 5.42. The van der Waals surface area contributed by atoms with Crippen molar-refractivity contribution < 1.29 is 4.52 Å². The first-order chi connectivity index (χ1) is 9.16. The SMILES string of the molecule is NCC1(Cc2nc(C3(N)CCC3)no2)CCCCC1. The lowest BCUT2D eigenvalue weighted by atomic mass is 9.72. The van der Waals surface area contributed by atoms with Crippen LogP contribution >= 0.6 is 0 Å². The molecule has 1 aromatic heterocycles. The first kappa shape index (κ1) is 13.1. The van der Waals surface area contributed by atoms with Crippen LogP contribution in [0, 0.1) is 5.41 Å². The highest BCUT2D eigenvalue weighted by atomic mass is 16.5. The molecular weight excluding hydrogens is 240 g/mol. The van der Waals surface area contributed by atoms with Gasteiger partial charge in [-0.3, -0.25) is 0 Å². The fraction of sp³-hybridized carbons (Fsp3) is 0.857. The molecule has 19 heavy (non-hydrogen) atoms. The second kappa shape index (κ2) is 4.87. The van der Waals surface area contributed by atoms with Crippen molar-refractivity contribution in [2.45, 2.75) is 63.3 Å². The standard InChI is InChI=1S/C14H24N4O/c15-10-13(5-2-1-3-6-13)9-11-17-12(18-19-11)14(16)7-4-8-14/h1-10,15-16H2. The molecule has 4 N–H and O–H groups in total. The molecule has 0 spiro atoms. The van der Waals surface area contributed by atoms with Gasteiger partial charge in [0.1, 0.15) is 0 Å². The van der Waals surface area contributed by atoms with Gasteiger partial charge in [0.15, 0.2) is 5.82 Å². The van der Waals surface area contributed by atoms with Crippen LogP contribution in [0.5, 0.6) is 0 Å². The van der Waals surface area contributed by atoms with E-state index in [-0.39, 0.29) is 11.0 Å². The topological polar surface area (TPSA) is 91.0 Å². The highest BCUT2D eigenvalue weighted by Gasteiger charge is 2.40. The van der Waals surface area contributed by atoms with Gasteiger partial charge in [-0.2, -0.15) is 4.98 Å². The first-order valence-electron chi connectivity index (χ1n) is 7.48. The summed E-state index contributed by atoms with van der Waals surface area (Å²) in [4.78, 5) is 4.53. The van der Waals surface area contributed by atoms with Crippen molar-refractivity contribution in [2.24, 2.45) is 16.9 Å². The monoisotopic (exact) mass is 264 g/mol. The molecule has 0 aromatic carbocycles. The zero-order chi connectivity index (χ0) is 13.3. The third-order valence-corrected chi connectivity index (χ3v) is 5.03. The molecule has 2 saturated carbocycles. The van der Waals surface area contributed by atoms with Gasteiger partial charge in [0, 0.05) is 6.42 Å². The van der Waals surface area contributed by atoms with Gasteiger partial charge < -0.3 is 16.0 Å². The van der Waals surface area contributed by atoms with Gasteiger partial charge in [-0.15, -0.1) is 0 Å². The van der Waals surface area contributed by atoms with E-state index < -0.39 is 0 Å². The van der Waals surface area contributed by atoms with Gasteiger partial charge in [0.25, 0.3) is 0 Å². The highest BCUT2D eigenvalue weighted by molar-refractivity contribution is 5.09. The summed E-state index contributed by atoms with van der Waals surface area (Å²) in [5.41, 5.74) is 12.1. The van der Waals surface area contributed by atoms with Gasteiger partial charge in [-0.05, 0) is 44.1 Å². The van der Waals surface area contributed by atoms with Crippen molar-refractivity contribution in [3.8, 4) is 0 Å². The van der Waals surface area contributed by atoms with E-state index in [9.17, 15) is 0 Å². The number of nitrogens with two attached hydrogens (primary N) is 2. The van der Waals surface area contributed by atoms with E-state index in [2.05, 4.69) is 10.1 Å². The maximum Gasteiger partial charge on any atom is 0.227 e. The second-order valence-corrected chi connectivity index (χ2v) is 6.46.